The average molecular weight is 353 g/mol. The van der Waals surface area contributed by atoms with Crippen molar-refractivity contribution in [3.05, 3.63) is 59.7 Å². The first-order valence-corrected chi connectivity index (χ1v) is 8.33. The lowest BCUT2D eigenvalue weighted by Crippen LogP contribution is -2.33. The highest BCUT2D eigenvalue weighted by molar-refractivity contribution is 5.88. The first-order valence-electron chi connectivity index (χ1n) is 8.33. The molecule has 0 saturated carbocycles. The number of amides is 1. The van der Waals surface area contributed by atoms with Crippen molar-refractivity contribution in [3.8, 4) is 0 Å². The summed E-state index contributed by atoms with van der Waals surface area (Å²) in [5.41, 5.74) is 0.539. The number of aryl methyl sites for hydroxylation is 2. The van der Waals surface area contributed by atoms with E-state index in [1.807, 2.05) is 30.3 Å². The third kappa shape index (κ3) is 4.24. The molecule has 0 fully saturated rings. The molecule has 3 aromatic rings. The number of benzene rings is 2. The molecule has 134 valence electrons. The Labute approximate surface area is 150 Å². The molecule has 7 nitrogen and oxygen atoms in total. The summed E-state index contributed by atoms with van der Waals surface area (Å²) < 4.78 is 4.99. The van der Waals surface area contributed by atoms with Gasteiger partial charge in [0, 0.05) is 12.8 Å². The summed E-state index contributed by atoms with van der Waals surface area (Å²) in [4.78, 5) is 27.8. The zero-order valence-electron chi connectivity index (χ0n) is 14.3. The number of hydrogen-bond donors (Lipinski definition) is 2. The van der Waals surface area contributed by atoms with Gasteiger partial charge in [0.05, 0.1) is 0 Å². The number of hydrogen-bond acceptors (Lipinski definition) is 5. The lowest BCUT2D eigenvalue weighted by Gasteiger charge is -2.15. The van der Waals surface area contributed by atoms with E-state index in [1.165, 1.54) is 0 Å². The van der Waals surface area contributed by atoms with E-state index in [9.17, 15) is 14.7 Å². The Morgan fingerprint density at radius 1 is 1.19 bits per heavy atom. The second-order valence-corrected chi connectivity index (χ2v) is 6.03. The summed E-state index contributed by atoms with van der Waals surface area (Å²) in [7, 11) is 0. The first kappa shape index (κ1) is 17.6. The second kappa shape index (κ2) is 7.77. The van der Waals surface area contributed by atoms with E-state index in [4.69, 9.17) is 4.52 Å². The maximum Gasteiger partial charge on any atom is 0.330 e. The Kier molecular flexibility index (Phi) is 5.26. The molecule has 0 saturated heterocycles. The van der Waals surface area contributed by atoms with Gasteiger partial charge < -0.3 is 14.9 Å². The Morgan fingerprint density at radius 2 is 1.96 bits per heavy atom. The van der Waals surface area contributed by atoms with Crippen LogP contribution < -0.4 is 5.32 Å². The number of nitrogens with zero attached hydrogens (tertiary/aromatic N) is 2. The highest BCUT2D eigenvalue weighted by Crippen LogP contribution is 2.21. The van der Waals surface area contributed by atoms with E-state index in [1.54, 1.807) is 19.1 Å². The molecule has 0 aliphatic carbocycles. The van der Waals surface area contributed by atoms with Gasteiger partial charge >= 0.3 is 5.97 Å². The van der Waals surface area contributed by atoms with Crippen LogP contribution in [-0.4, -0.2) is 27.1 Å². The van der Waals surface area contributed by atoms with Crippen LogP contribution in [0.5, 0.6) is 0 Å². The number of nitrogens with one attached hydrogen (secondary N) is 1. The van der Waals surface area contributed by atoms with Gasteiger partial charge in [0.25, 0.3) is 0 Å². The monoisotopic (exact) mass is 353 g/mol. The highest BCUT2D eigenvalue weighted by Gasteiger charge is 2.22. The number of aliphatic carboxylic acids is 1. The van der Waals surface area contributed by atoms with E-state index in [0.717, 1.165) is 10.8 Å². The number of carboxylic acids is 1. The van der Waals surface area contributed by atoms with Gasteiger partial charge in [-0.1, -0.05) is 41.6 Å². The molecule has 0 radical (unpaired) electrons. The van der Waals surface area contributed by atoms with Crippen molar-refractivity contribution in [2.45, 2.75) is 32.2 Å². The first-order chi connectivity index (χ1) is 12.5. The summed E-state index contributed by atoms with van der Waals surface area (Å²) in [6.07, 6.45) is 1.15. The molecular formula is C19H19N3O4. The molecular weight excluding hydrogens is 334 g/mol. The summed E-state index contributed by atoms with van der Waals surface area (Å²) in [5, 5.41) is 17.7. The molecule has 1 atom stereocenters. The van der Waals surface area contributed by atoms with Crippen molar-refractivity contribution >= 4 is 22.6 Å². The average Bonchev–Trinajstić information content (AvgIpc) is 3.04. The molecule has 0 aliphatic rings. The van der Waals surface area contributed by atoms with Crippen LogP contribution in [-0.2, 0) is 16.0 Å². The number of carbonyl (C=O) groups is 2. The second-order valence-electron chi connectivity index (χ2n) is 6.03. The van der Waals surface area contributed by atoms with Crippen molar-refractivity contribution < 1.29 is 19.2 Å². The maximum absolute atomic E-state index is 12.1. The largest absolute Gasteiger partial charge is 0.479 e. The van der Waals surface area contributed by atoms with Gasteiger partial charge in [0.15, 0.2) is 11.9 Å². The third-order valence-electron chi connectivity index (χ3n) is 4.02. The Bertz CT molecular complexity index is 935. The zero-order valence-corrected chi connectivity index (χ0v) is 14.3. The minimum Gasteiger partial charge on any atom is -0.479 e. The van der Waals surface area contributed by atoms with Crippen LogP contribution in [0.25, 0.3) is 10.8 Å². The SMILES string of the molecule is Cc1noc(CCCC(=O)NC(C(=O)O)c2ccc3ccccc3c2)n1. The number of rotatable bonds is 7. The molecule has 1 amide bonds. The molecule has 3 rings (SSSR count). The minimum atomic E-state index is -1.10. The highest BCUT2D eigenvalue weighted by atomic mass is 16.5. The van der Waals surface area contributed by atoms with Crippen molar-refractivity contribution in [3.63, 3.8) is 0 Å². The number of fused-ring (bicyclic) bond motifs is 1. The molecule has 2 N–H and O–H groups in total. The predicted molar refractivity (Wildman–Crippen MR) is 94.4 cm³/mol. The van der Waals surface area contributed by atoms with Crippen molar-refractivity contribution in [2.75, 3.05) is 0 Å². The van der Waals surface area contributed by atoms with E-state index in [2.05, 4.69) is 15.5 Å². The standard InChI is InChI=1S/C19H19N3O4/c1-12-20-17(26-22-12)8-4-7-16(23)21-18(19(24)25)15-10-9-13-5-2-3-6-14(13)11-15/h2-3,5-6,9-11,18H,4,7-8H2,1H3,(H,21,23)(H,24,25). The molecule has 1 aromatic heterocycles. The van der Waals surface area contributed by atoms with Gasteiger partial charge in [0.2, 0.25) is 11.8 Å². The molecule has 0 aliphatic heterocycles. The zero-order chi connectivity index (χ0) is 18.5. The molecule has 7 heteroatoms. The Balaban J connectivity index is 1.63. The number of carboxylic acid groups (broad SMARTS) is 1. The van der Waals surface area contributed by atoms with Gasteiger partial charge in [-0.2, -0.15) is 4.98 Å². The fourth-order valence-corrected chi connectivity index (χ4v) is 2.75. The summed E-state index contributed by atoms with van der Waals surface area (Å²) >= 11 is 0. The van der Waals surface area contributed by atoms with Gasteiger partial charge in [-0.15, -0.1) is 0 Å². The lowest BCUT2D eigenvalue weighted by molar-refractivity contribution is -0.142. The van der Waals surface area contributed by atoms with Crippen LogP contribution in [0.1, 0.15) is 36.2 Å². The molecule has 1 unspecified atom stereocenters. The van der Waals surface area contributed by atoms with Gasteiger partial charge in [-0.05, 0) is 35.7 Å². The van der Waals surface area contributed by atoms with Crippen molar-refractivity contribution in [1.29, 1.82) is 0 Å². The summed E-state index contributed by atoms with van der Waals surface area (Å²) in [5.74, 6) is -0.408. The third-order valence-corrected chi connectivity index (χ3v) is 4.02. The normalized spacial score (nSPS) is 12.0. The van der Waals surface area contributed by atoms with Gasteiger partial charge in [-0.25, -0.2) is 4.79 Å². The van der Waals surface area contributed by atoms with E-state index < -0.39 is 12.0 Å². The van der Waals surface area contributed by atoms with Crippen LogP contribution in [0.2, 0.25) is 0 Å². The quantitative estimate of drug-likeness (QED) is 0.677. The lowest BCUT2D eigenvalue weighted by atomic mass is 10.0. The molecule has 1 heterocycles. The van der Waals surface area contributed by atoms with Crippen LogP contribution in [0.4, 0.5) is 0 Å². The topological polar surface area (TPSA) is 105 Å². The van der Waals surface area contributed by atoms with Crippen LogP contribution in [0.3, 0.4) is 0 Å². The van der Waals surface area contributed by atoms with Gasteiger partial charge in [0.1, 0.15) is 0 Å². The summed E-state index contributed by atoms with van der Waals surface area (Å²) in [6, 6.07) is 11.9. The number of carbonyl (C=O) groups excluding carboxylic acids is 1. The van der Waals surface area contributed by atoms with Gasteiger partial charge in [-0.3, -0.25) is 4.79 Å². The van der Waals surface area contributed by atoms with Crippen LogP contribution >= 0.6 is 0 Å². The van der Waals surface area contributed by atoms with Crippen LogP contribution in [0, 0.1) is 6.92 Å². The van der Waals surface area contributed by atoms with Crippen molar-refractivity contribution in [2.24, 2.45) is 0 Å². The fraction of sp³-hybridized carbons (Fsp3) is 0.263. The van der Waals surface area contributed by atoms with Crippen molar-refractivity contribution in [1.82, 2.24) is 15.5 Å². The Morgan fingerprint density at radius 3 is 2.65 bits per heavy atom. The molecule has 0 spiro atoms. The fourth-order valence-electron chi connectivity index (χ4n) is 2.75. The maximum atomic E-state index is 12.1. The minimum absolute atomic E-state index is 0.179. The van der Waals surface area contributed by atoms with E-state index >= 15 is 0 Å². The molecule has 0 bridgehead atoms. The number of aromatic nitrogens is 2. The summed E-state index contributed by atoms with van der Waals surface area (Å²) in [6.45, 7) is 1.72. The molecule has 2 aromatic carbocycles. The predicted octanol–water partition coefficient (Wildman–Crippen LogP) is 2.80. The van der Waals surface area contributed by atoms with Crippen LogP contribution in [0.15, 0.2) is 47.0 Å². The Hall–Kier alpha value is -3.22. The molecule has 26 heavy (non-hydrogen) atoms. The van der Waals surface area contributed by atoms with E-state index in [0.29, 0.717) is 30.1 Å². The smallest absolute Gasteiger partial charge is 0.330 e. The van der Waals surface area contributed by atoms with E-state index in [-0.39, 0.29) is 12.3 Å².